The van der Waals surface area contributed by atoms with Gasteiger partial charge in [-0.3, -0.25) is 9.59 Å². The quantitative estimate of drug-likeness (QED) is 0.725. The topological polar surface area (TPSA) is 130 Å². The van der Waals surface area contributed by atoms with E-state index in [1.807, 2.05) is 0 Å². The van der Waals surface area contributed by atoms with Crippen LogP contribution in [-0.2, 0) is 38.9 Å². The van der Waals surface area contributed by atoms with Gasteiger partial charge in [0.15, 0.2) is 0 Å². The lowest BCUT2D eigenvalue weighted by Gasteiger charge is -2.35. The molecule has 2 rings (SSSR count). The van der Waals surface area contributed by atoms with Gasteiger partial charge in [-0.15, -0.1) is 0 Å². The van der Waals surface area contributed by atoms with E-state index in [1.54, 1.807) is 0 Å². The third-order valence-corrected chi connectivity index (χ3v) is 3.69. The second kappa shape index (κ2) is 7.30. The van der Waals surface area contributed by atoms with Crippen molar-refractivity contribution in [2.75, 3.05) is 0 Å². The number of aliphatic carboxylic acids is 2. The van der Waals surface area contributed by atoms with E-state index in [9.17, 15) is 9.59 Å². The lowest BCUT2D eigenvalue weighted by molar-refractivity contribution is -0.550. The van der Waals surface area contributed by atoms with Gasteiger partial charge in [0, 0.05) is 12.8 Å². The predicted molar refractivity (Wildman–Crippen MR) is 73.6 cm³/mol. The van der Waals surface area contributed by atoms with Crippen LogP contribution < -0.4 is 0 Å². The number of carbonyl (C=O) groups is 2. The molecule has 1 saturated heterocycles. The highest BCUT2D eigenvalue weighted by Gasteiger charge is 2.48. The van der Waals surface area contributed by atoms with Crippen molar-refractivity contribution in [1.82, 2.24) is 0 Å². The lowest BCUT2D eigenvalue weighted by atomic mass is 9.94. The average Bonchev–Trinajstić information content (AvgIpc) is 2.53. The maximum absolute atomic E-state index is 11.0. The summed E-state index contributed by atoms with van der Waals surface area (Å²) < 4.78 is 0. The molecular weight excluding hydrogens is 328 g/mol. The molecule has 2 fully saturated rings. The normalized spacial score (nSPS) is 34.1. The van der Waals surface area contributed by atoms with Crippen molar-refractivity contribution < 1.29 is 49.1 Å². The van der Waals surface area contributed by atoms with E-state index in [4.69, 9.17) is 39.5 Å². The Bertz CT molecular complexity index is 438. The molecule has 1 saturated carbocycles. The summed E-state index contributed by atoms with van der Waals surface area (Å²) in [5, 5.41) is 18.0. The molecular formula is C14H22O10. The van der Waals surface area contributed by atoms with Gasteiger partial charge in [-0.05, 0) is 26.7 Å². The van der Waals surface area contributed by atoms with Gasteiger partial charge in [-0.2, -0.15) is 29.3 Å². The molecule has 1 aliphatic heterocycles. The van der Waals surface area contributed by atoms with Gasteiger partial charge in [-0.1, -0.05) is 6.42 Å². The summed E-state index contributed by atoms with van der Waals surface area (Å²) in [5.74, 6) is -7.35. The molecule has 10 nitrogen and oxygen atoms in total. The first-order valence-corrected chi connectivity index (χ1v) is 7.70. The molecule has 2 atom stereocenters. The summed E-state index contributed by atoms with van der Waals surface area (Å²) in [6, 6.07) is 0. The molecule has 0 aromatic carbocycles. The highest BCUT2D eigenvalue weighted by molar-refractivity contribution is 5.68. The molecule has 138 valence electrons. The molecule has 0 aromatic rings. The molecule has 1 aliphatic carbocycles. The summed E-state index contributed by atoms with van der Waals surface area (Å²) in [5.41, 5.74) is 0. The van der Waals surface area contributed by atoms with E-state index in [-0.39, 0.29) is 0 Å². The Morgan fingerprint density at radius 2 is 1.12 bits per heavy atom. The maximum atomic E-state index is 11.0. The zero-order valence-electron chi connectivity index (χ0n) is 13.6. The molecule has 2 unspecified atom stereocenters. The molecule has 10 heteroatoms. The highest BCUT2D eigenvalue weighted by Crippen LogP contribution is 2.38. The first-order valence-electron chi connectivity index (χ1n) is 7.70. The molecule has 2 aliphatic rings. The zero-order valence-corrected chi connectivity index (χ0v) is 13.6. The lowest BCUT2D eigenvalue weighted by Crippen LogP contribution is -2.43. The predicted octanol–water partition coefficient (Wildman–Crippen LogP) is 1.89. The largest absolute Gasteiger partial charge is 0.481 e. The Morgan fingerprint density at radius 1 is 0.750 bits per heavy atom. The molecule has 1 spiro atoms. The van der Waals surface area contributed by atoms with Crippen LogP contribution in [0.1, 0.15) is 58.8 Å². The molecule has 24 heavy (non-hydrogen) atoms. The minimum atomic E-state index is -1.81. The fraction of sp³-hybridized carbons (Fsp3) is 0.857. The first kappa shape index (κ1) is 19.0. The van der Waals surface area contributed by atoms with Gasteiger partial charge in [-0.25, -0.2) is 0 Å². The van der Waals surface area contributed by atoms with Crippen molar-refractivity contribution in [1.29, 1.82) is 0 Å². The van der Waals surface area contributed by atoms with Crippen LogP contribution in [0.5, 0.6) is 0 Å². The fourth-order valence-corrected chi connectivity index (χ4v) is 2.47. The zero-order chi connectivity index (χ0) is 17.8. The fourth-order valence-electron chi connectivity index (χ4n) is 2.47. The minimum absolute atomic E-state index is 0.430. The van der Waals surface area contributed by atoms with Gasteiger partial charge < -0.3 is 10.2 Å². The number of carboxylic acid groups (broad SMARTS) is 2. The molecule has 1 heterocycles. The van der Waals surface area contributed by atoms with Crippen LogP contribution in [0.25, 0.3) is 0 Å². The van der Waals surface area contributed by atoms with Crippen molar-refractivity contribution in [2.45, 2.75) is 76.2 Å². The number of hydrogen-bond donors (Lipinski definition) is 2. The first-order chi connectivity index (χ1) is 11.2. The van der Waals surface area contributed by atoms with Crippen molar-refractivity contribution in [3.8, 4) is 0 Å². The molecule has 0 radical (unpaired) electrons. The average molecular weight is 350 g/mol. The van der Waals surface area contributed by atoms with Gasteiger partial charge in [0.25, 0.3) is 0 Å². The Kier molecular flexibility index (Phi) is 5.78. The standard InChI is InChI=1S/C14H22O10/c1-12(8-10(15)16)19-20-13(2,9-11(17)18)22-24-14(23-21-12)6-4-3-5-7-14/h3-9H2,1-2H3,(H,15,16)(H,17,18). The van der Waals surface area contributed by atoms with Crippen LogP contribution in [0.3, 0.4) is 0 Å². The van der Waals surface area contributed by atoms with Gasteiger partial charge >= 0.3 is 11.9 Å². The van der Waals surface area contributed by atoms with E-state index < -0.39 is 42.1 Å². The van der Waals surface area contributed by atoms with Crippen molar-refractivity contribution in [3.63, 3.8) is 0 Å². The minimum Gasteiger partial charge on any atom is -0.481 e. The van der Waals surface area contributed by atoms with Crippen molar-refractivity contribution in [3.05, 3.63) is 0 Å². The highest BCUT2D eigenvalue weighted by atomic mass is 17.4. The third-order valence-electron chi connectivity index (χ3n) is 3.69. The monoisotopic (exact) mass is 350 g/mol. The Balaban J connectivity index is 2.23. The smallest absolute Gasteiger partial charge is 0.309 e. The summed E-state index contributed by atoms with van der Waals surface area (Å²) in [6.45, 7) is 2.59. The number of rotatable bonds is 4. The summed E-state index contributed by atoms with van der Waals surface area (Å²) in [6.07, 6.45) is 2.18. The van der Waals surface area contributed by atoms with Crippen LogP contribution in [0, 0.1) is 0 Å². The van der Waals surface area contributed by atoms with Crippen LogP contribution in [0.4, 0.5) is 0 Å². The van der Waals surface area contributed by atoms with Crippen molar-refractivity contribution in [2.24, 2.45) is 0 Å². The maximum Gasteiger partial charge on any atom is 0.309 e. The SMILES string of the molecule is CC1(CC(=O)O)OOC(C)(CC(=O)O)OOC2(CCCCC2)OO1. The second-order valence-corrected chi connectivity index (χ2v) is 6.38. The molecule has 0 aromatic heterocycles. The van der Waals surface area contributed by atoms with Crippen LogP contribution in [0.15, 0.2) is 0 Å². The van der Waals surface area contributed by atoms with E-state index in [0.29, 0.717) is 12.8 Å². The summed E-state index contributed by atoms with van der Waals surface area (Å²) >= 11 is 0. The summed E-state index contributed by atoms with van der Waals surface area (Å²) in [7, 11) is 0. The van der Waals surface area contributed by atoms with E-state index >= 15 is 0 Å². The molecule has 0 amide bonds. The number of carboxylic acids is 2. The molecule has 0 bridgehead atoms. The molecule has 2 N–H and O–H groups in total. The summed E-state index contributed by atoms with van der Waals surface area (Å²) in [4.78, 5) is 53.1. The van der Waals surface area contributed by atoms with Crippen LogP contribution in [0.2, 0.25) is 0 Å². The van der Waals surface area contributed by atoms with Crippen LogP contribution in [-0.4, -0.2) is 39.5 Å². The third kappa shape index (κ3) is 5.10. The van der Waals surface area contributed by atoms with Gasteiger partial charge in [0.05, 0.1) is 0 Å². The van der Waals surface area contributed by atoms with E-state index in [2.05, 4.69) is 0 Å². The van der Waals surface area contributed by atoms with Crippen LogP contribution >= 0.6 is 0 Å². The van der Waals surface area contributed by atoms with E-state index in [0.717, 1.165) is 19.3 Å². The van der Waals surface area contributed by atoms with Crippen molar-refractivity contribution >= 4 is 11.9 Å². The van der Waals surface area contributed by atoms with Gasteiger partial charge in [0.2, 0.25) is 17.4 Å². The number of hydrogen-bond acceptors (Lipinski definition) is 8. The van der Waals surface area contributed by atoms with E-state index in [1.165, 1.54) is 13.8 Å². The second-order valence-electron chi connectivity index (χ2n) is 6.38. The Labute approximate surface area is 138 Å². The Morgan fingerprint density at radius 3 is 1.50 bits per heavy atom. The van der Waals surface area contributed by atoms with Gasteiger partial charge in [0.1, 0.15) is 12.8 Å². The Hall–Kier alpha value is -1.30.